The zero-order valence-electron chi connectivity index (χ0n) is 20.1. The van der Waals surface area contributed by atoms with Gasteiger partial charge in [0.1, 0.15) is 0 Å². The molecule has 2 aliphatic heterocycles. The molecule has 1 unspecified atom stereocenters. The zero-order valence-corrected chi connectivity index (χ0v) is 20.1. The van der Waals surface area contributed by atoms with E-state index in [1.165, 1.54) is 11.1 Å². The van der Waals surface area contributed by atoms with Gasteiger partial charge in [-0.05, 0) is 50.1 Å². The number of nitrogens with zero attached hydrogens (tertiary/aromatic N) is 5. The van der Waals surface area contributed by atoms with Crippen LogP contribution in [0.5, 0.6) is 0 Å². The van der Waals surface area contributed by atoms with E-state index in [1.807, 2.05) is 18.2 Å². The van der Waals surface area contributed by atoms with E-state index in [0.717, 1.165) is 55.2 Å². The highest BCUT2D eigenvalue weighted by Crippen LogP contribution is 2.30. The number of hydrogen-bond acceptors (Lipinski definition) is 6. The molecule has 3 aromatic rings. The highest BCUT2D eigenvalue weighted by Gasteiger charge is 2.36. The van der Waals surface area contributed by atoms with Crippen molar-refractivity contribution in [3.63, 3.8) is 0 Å². The fourth-order valence-corrected chi connectivity index (χ4v) is 4.36. The Morgan fingerprint density at radius 1 is 0.794 bits per heavy atom. The van der Waals surface area contributed by atoms with E-state index >= 15 is 0 Å². The molecule has 1 N–H and O–H groups in total. The minimum atomic E-state index is -0.300. The Morgan fingerprint density at radius 2 is 1.44 bits per heavy atom. The first kappa shape index (κ1) is 22.2. The maximum Gasteiger partial charge on any atom is 0.212 e. The van der Waals surface area contributed by atoms with Crippen LogP contribution in [0.2, 0.25) is 0 Å². The van der Waals surface area contributed by atoms with E-state index in [2.05, 4.69) is 101 Å². The van der Waals surface area contributed by atoms with Gasteiger partial charge in [-0.3, -0.25) is 14.7 Å². The molecule has 1 fully saturated rings. The Kier molecular flexibility index (Phi) is 6.32. The molecule has 0 saturated carbocycles. The third kappa shape index (κ3) is 4.68. The molecule has 0 amide bonds. The molecule has 2 aliphatic rings. The number of hydrogen-bond donors (Lipinski definition) is 1. The molecule has 0 aliphatic carbocycles. The first-order valence-electron chi connectivity index (χ1n) is 12.0. The van der Waals surface area contributed by atoms with Crippen molar-refractivity contribution in [2.24, 2.45) is 9.98 Å². The first-order valence-corrected chi connectivity index (χ1v) is 12.0. The Bertz CT molecular complexity index is 1170. The topological polar surface area (TPSA) is 46.5 Å². The van der Waals surface area contributed by atoms with Crippen LogP contribution in [0.1, 0.15) is 36.2 Å². The van der Waals surface area contributed by atoms with Crippen LogP contribution < -0.4 is 10.2 Å². The monoisotopic (exact) mass is 452 g/mol. The van der Waals surface area contributed by atoms with Gasteiger partial charge in [0.2, 0.25) is 11.9 Å². The summed E-state index contributed by atoms with van der Waals surface area (Å²) in [5.41, 5.74) is 5.72. The minimum absolute atomic E-state index is 0.300. The second-order valence-electron chi connectivity index (χ2n) is 9.03. The van der Waals surface area contributed by atoms with Crippen LogP contribution in [0, 0.1) is 13.8 Å². The predicted octanol–water partition coefficient (Wildman–Crippen LogP) is 5.59. The summed E-state index contributed by atoms with van der Waals surface area (Å²) in [5.74, 6) is 1.75. The van der Waals surface area contributed by atoms with Crippen LogP contribution >= 0.6 is 0 Å². The Balaban J connectivity index is 1.57. The van der Waals surface area contributed by atoms with Crippen molar-refractivity contribution < 1.29 is 0 Å². The summed E-state index contributed by atoms with van der Waals surface area (Å²) >= 11 is 0. The molecule has 174 valence electrons. The van der Waals surface area contributed by atoms with Crippen LogP contribution in [0.3, 0.4) is 0 Å². The van der Waals surface area contributed by atoms with Crippen molar-refractivity contribution >= 4 is 23.3 Å². The molecule has 2 heterocycles. The lowest BCUT2D eigenvalue weighted by Gasteiger charge is -2.46. The molecule has 0 radical (unpaired) electrons. The minimum Gasteiger partial charge on any atom is -0.326 e. The fourth-order valence-electron chi connectivity index (χ4n) is 4.36. The third-order valence-electron chi connectivity index (χ3n) is 6.19. The van der Waals surface area contributed by atoms with Gasteiger partial charge < -0.3 is 5.32 Å². The van der Waals surface area contributed by atoms with Crippen LogP contribution in [0.25, 0.3) is 0 Å². The molecule has 0 bridgehead atoms. The Morgan fingerprint density at radius 3 is 2.12 bits per heavy atom. The zero-order chi connectivity index (χ0) is 23.5. The lowest BCUT2D eigenvalue weighted by molar-refractivity contribution is 0.203. The summed E-state index contributed by atoms with van der Waals surface area (Å²) in [5, 5.41) is 3.59. The largest absolute Gasteiger partial charge is 0.326 e. The van der Waals surface area contributed by atoms with Crippen molar-refractivity contribution in [1.82, 2.24) is 9.80 Å². The SMILES string of the molecule is CCCN1CN2C(Nc3ccc(C)cc3)=NC(c3ccccc3)N=C2N(c2ccc(C)cc2)C1. The summed E-state index contributed by atoms with van der Waals surface area (Å²) in [6.07, 6.45) is 0.790. The second-order valence-corrected chi connectivity index (χ2v) is 9.03. The van der Waals surface area contributed by atoms with Gasteiger partial charge in [-0.25, -0.2) is 9.98 Å². The summed E-state index contributed by atoms with van der Waals surface area (Å²) < 4.78 is 0. The van der Waals surface area contributed by atoms with Crippen LogP contribution in [0.4, 0.5) is 11.4 Å². The molecule has 3 aromatic carbocycles. The molecule has 6 nitrogen and oxygen atoms in total. The van der Waals surface area contributed by atoms with Crippen LogP contribution in [0.15, 0.2) is 88.8 Å². The van der Waals surface area contributed by atoms with Crippen molar-refractivity contribution in [3.8, 4) is 0 Å². The van der Waals surface area contributed by atoms with Crippen molar-refractivity contribution in [3.05, 3.63) is 95.6 Å². The van der Waals surface area contributed by atoms with Crippen LogP contribution in [-0.2, 0) is 0 Å². The summed E-state index contributed by atoms with van der Waals surface area (Å²) in [6.45, 7) is 8.99. The second kappa shape index (κ2) is 9.69. The molecule has 34 heavy (non-hydrogen) atoms. The molecule has 6 heteroatoms. The van der Waals surface area contributed by atoms with E-state index in [9.17, 15) is 0 Å². The van der Waals surface area contributed by atoms with E-state index in [1.54, 1.807) is 0 Å². The number of nitrogens with one attached hydrogen (secondary N) is 1. The van der Waals surface area contributed by atoms with Gasteiger partial charge in [-0.2, -0.15) is 0 Å². The number of fused-ring (bicyclic) bond motifs is 1. The van der Waals surface area contributed by atoms with Gasteiger partial charge in [0, 0.05) is 17.9 Å². The van der Waals surface area contributed by atoms with E-state index < -0.39 is 0 Å². The van der Waals surface area contributed by atoms with Gasteiger partial charge >= 0.3 is 0 Å². The fraction of sp³-hybridized carbons (Fsp3) is 0.286. The molecule has 0 spiro atoms. The standard InChI is InChI=1S/C28H32N6/c1-4-18-32-19-33(25-16-12-22(3)13-17-25)28-31-26(23-8-6-5-7-9-23)30-27(34(28)20-32)29-24-14-10-21(2)11-15-24/h5-17,26H,4,18-20H2,1-3H3,(H,29,30). The molecular formula is C28H32N6. The Hall–Kier alpha value is -3.64. The van der Waals surface area contributed by atoms with E-state index in [0.29, 0.717) is 0 Å². The highest BCUT2D eigenvalue weighted by atomic mass is 15.6. The lowest BCUT2D eigenvalue weighted by atomic mass is 10.1. The molecular weight excluding hydrogens is 420 g/mol. The molecule has 1 saturated heterocycles. The van der Waals surface area contributed by atoms with E-state index in [-0.39, 0.29) is 6.17 Å². The van der Waals surface area contributed by atoms with E-state index in [4.69, 9.17) is 9.98 Å². The number of guanidine groups is 2. The number of rotatable bonds is 5. The smallest absolute Gasteiger partial charge is 0.212 e. The van der Waals surface area contributed by atoms with Gasteiger partial charge in [-0.1, -0.05) is 72.6 Å². The van der Waals surface area contributed by atoms with Crippen molar-refractivity contribution in [2.75, 3.05) is 30.1 Å². The first-order chi connectivity index (χ1) is 16.6. The lowest BCUT2D eigenvalue weighted by Crippen LogP contribution is -2.63. The number of aryl methyl sites for hydroxylation is 2. The highest BCUT2D eigenvalue weighted by molar-refractivity contribution is 6.12. The van der Waals surface area contributed by atoms with Crippen molar-refractivity contribution in [2.45, 2.75) is 33.4 Å². The summed E-state index contributed by atoms with van der Waals surface area (Å²) in [6, 6.07) is 27.5. The molecule has 5 rings (SSSR count). The van der Waals surface area contributed by atoms with Gasteiger partial charge in [0.15, 0.2) is 6.17 Å². The average Bonchev–Trinajstić information content (AvgIpc) is 2.86. The Labute approximate surface area is 202 Å². The summed E-state index contributed by atoms with van der Waals surface area (Å²) in [7, 11) is 0. The van der Waals surface area contributed by atoms with Gasteiger partial charge in [0.25, 0.3) is 0 Å². The van der Waals surface area contributed by atoms with Crippen LogP contribution in [-0.4, -0.2) is 41.6 Å². The maximum absolute atomic E-state index is 5.17. The van der Waals surface area contributed by atoms with Gasteiger partial charge in [0.05, 0.1) is 13.3 Å². The summed E-state index contributed by atoms with van der Waals surface area (Å²) in [4.78, 5) is 17.2. The number of aliphatic imine (C=N–C) groups is 2. The molecule has 1 atom stereocenters. The van der Waals surface area contributed by atoms with Crippen molar-refractivity contribution in [1.29, 1.82) is 0 Å². The predicted molar refractivity (Wildman–Crippen MR) is 141 cm³/mol. The number of anilines is 2. The third-order valence-corrected chi connectivity index (χ3v) is 6.19. The number of benzene rings is 3. The average molecular weight is 453 g/mol. The molecule has 0 aromatic heterocycles. The maximum atomic E-state index is 5.17. The quantitative estimate of drug-likeness (QED) is 0.548. The normalized spacial score (nSPS) is 18.3. The van der Waals surface area contributed by atoms with Gasteiger partial charge in [-0.15, -0.1) is 0 Å².